The third-order valence-corrected chi connectivity index (χ3v) is 3.17. The molecule has 4 nitrogen and oxygen atoms in total. The number of ether oxygens (including phenoxy) is 1. The van der Waals surface area contributed by atoms with Crippen LogP contribution in [0.25, 0.3) is 10.2 Å². The molecule has 2 aromatic rings. The number of nitrogens with one attached hydrogen (secondary N) is 1. The molecular formula is C11H11NO3S. The summed E-state index contributed by atoms with van der Waals surface area (Å²) in [7, 11) is 0. The van der Waals surface area contributed by atoms with Crippen molar-refractivity contribution >= 4 is 33.3 Å². The SMILES string of the molecule is CCOC(=O)c1c(C(C)=O)[nH]c2ccsc12. The lowest BCUT2D eigenvalue weighted by Crippen LogP contribution is -2.09. The van der Waals surface area contributed by atoms with Crippen LogP contribution in [-0.4, -0.2) is 23.3 Å². The van der Waals surface area contributed by atoms with Crippen molar-refractivity contribution in [2.24, 2.45) is 0 Å². The summed E-state index contributed by atoms with van der Waals surface area (Å²) in [6.45, 7) is 3.47. The summed E-state index contributed by atoms with van der Waals surface area (Å²) in [6, 6.07) is 1.84. The van der Waals surface area contributed by atoms with E-state index < -0.39 is 5.97 Å². The van der Waals surface area contributed by atoms with Gasteiger partial charge in [-0.15, -0.1) is 11.3 Å². The van der Waals surface area contributed by atoms with Gasteiger partial charge in [0.05, 0.1) is 22.5 Å². The lowest BCUT2D eigenvalue weighted by atomic mass is 10.2. The van der Waals surface area contributed by atoms with Crippen LogP contribution in [0.1, 0.15) is 34.7 Å². The van der Waals surface area contributed by atoms with Crippen LogP contribution >= 0.6 is 11.3 Å². The van der Waals surface area contributed by atoms with Crippen molar-refractivity contribution in [2.75, 3.05) is 6.61 Å². The van der Waals surface area contributed by atoms with Crippen molar-refractivity contribution in [1.82, 2.24) is 4.98 Å². The number of aromatic amines is 1. The second-order valence-corrected chi connectivity index (χ2v) is 4.23. The normalized spacial score (nSPS) is 10.6. The highest BCUT2D eigenvalue weighted by atomic mass is 32.1. The van der Waals surface area contributed by atoms with Gasteiger partial charge in [-0.05, 0) is 18.4 Å². The maximum atomic E-state index is 11.8. The maximum absolute atomic E-state index is 11.8. The van der Waals surface area contributed by atoms with Crippen molar-refractivity contribution in [1.29, 1.82) is 0 Å². The van der Waals surface area contributed by atoms with Gasteiger partial charge >= 0.3 is 5.97 Å². The zero-order chi connectivity index (χ0) is 11.7. The van der Waals surface area contributed by atoms with Crippen molar-refractivity contribution in [3.05, 3.63) is 22.7 Å². The van der Waals surface area contributed by atoms with Crippen molar-refractivity contribution in [3.63, 3.8) is 0 Å². The summed E-state index contributed by atoms with van der Waals surface area (Å²) in [5, 5.41) is 1.87. The van der Waals surface area contributed by atoms with Gasteiger partial charge in [-0.25, -0.2) is 4.79 Å². The first-order chi connectivity index (χ1) is 7.65. The molecule has 0 atom stereocenters. The largest absolute Gasteiger partial charge is 0.462 e. The zero-order valence-electron chi connectivity index (χ0n) is 8.99. The molecule has 2 heterocycles. The summed E-state index contributed by atoms with van der Waals surface area (Å²) in [6.07, 6.45) is 0. The van der Waals surface area contributed by atoms with Crippen molar-refractivity contribution in [3.8, 4) is 0 Å². The number of fused-ring (bicyclic) bond motifs is 1. The van der Waals surface area contributed by atoms with E-state index in [1.54, 1.807) is 6.92 Å². The molecule has 0 bridgehead atoms. The number of rotatable bonds is 3. The molecule has 0 fully saturated rings. The molecule has 0 amide bonds. The predicted molar refractivity (Wildman–Crippen MR) is 62.1 cm³/mol. The minimum Gasteiger partial charge on any atom is -0.462 e. The average Bonchev–Trinajstić information content (AvgIpc) is 2.75. The second-order valence-electron chi connectivity index (χ2n) is 3.32. The van der Waals surface area contributed by atoms with Crippen LogP contribution < -0.4 is 0 Å². The second kappa shape index (κ2) is 4.09. The van der Waals surface area contributed by atoms with Crippen LogP contribution in [0.4, 0.5) is 0 Å². The molecular weight excluding hydrogens is 226 g/mol. The van der Waals surface area contributed by atoms with Crippen LogP contribution in [0, 0.1) is 0 Å². The smallest absolute Gasteiger partial charge is 0.341 e. The van der Waals surface area contributed by atoms with Gasteiger partial charge in [-0.1, -0.05) is 0 Å². The molecule has 2 rings (SSSR count). The van der Waals surface area contributed by atoms with E-state index >= 15 is 0 Å². The van der Waals surface area contributed by atoms with E-state index in [0.29, 0.717) is 17.9 Å². The molecule has 84 valence electrons. The molecule has 0 spiro atoms. The van der Waals surface area contributed by atoms with Gasteiger partial charge in [0.2, 0.25) is 0 Å². The van der Waals surface area contributed by atoms with Crippen LogP contribution in [0.3, 0.4) is 0 Å². The van der Waals surface area contributed by atoms with E-state index in [0.717, 1.165) is 10.2 Å². The van der Waals surface area contributed by atoms with Crippen LogP contribution in [0.15, 0.2) is 11.4 Å². The zero-order valence-corrected chi connectivity index (χ0v) is 9.81. The summed E-state index contributed by atoms with van der Waals surface area (Å²) >= 11 is 1.42. The number of H-pyrrole nitrogens is 1. The Morgan fingerprint density at radius 2 is 2.25 bits per heavy atom. The van der Waals surface area contributed by atoms with Gasteiger partial charge in [-0.3, -0.25) is 4.79 Å². The Kier molecular flexibility index (Phi) is 2.78. The fourth-order valence-electron chi connectivity index (χ4n) is 1.57. The molecule has 1 N–H and O–H groups in total. The highest BCUT2D eigenvalue weighted by Gasteiger charge is 2.22. The van der Waals surface area contributed by atoms with Crippen LogP contribution in [-0.2, 0) is 4.74 Å². The van der Waals surface area contributed by atoms with Gasteiger partial charge in [0, 0.05) is 6.92 Å². The number of carbonyl (C=O) groups excluding carboxylic acids is 2. The van der Waals surface area contributed by atoms with Gasteiger partial charge in [0.15, 0.2) is 5.78 Å². The van der Waals surface area contributed by atoms with Crippen LogP contribution in [0.2, 0.25) is 0 Å². The van der Waals surface area contributed by atoms with Gasteiger partial charge in [0.25, 0.3) is 0 Å². The number of thiophene rings is 1. The number of hydrogen-bond donors (Lipinski definition) is 1. The number of esters is 1. The van der Waals surface area contributed by atoms with Crippen molar-refractivity contribution < 1.29 is 14.3 Å². The first-order valence-corrected chi connectivity index (χ1v) is 5.80. The van der Waals surface area contributed by atoms with Crippen LogP contribution in [0.5, 0.6) is 0 Å². The monoisotopic (exact) mass is 237 g/mol. The Bertz CT molecular complexity index is 553. The average molecular weight is 237 g/mol. The molecule has 0 saturated carbocycles. The quantitative estimate of drug-likeness (QED) is 0.659. The Balaban J connectivity index is 2.61. The Labute approximate surface area is 96.2 Å². The van der Waals surface area contributed by atoms with E-state index in [9.17, 15) is 9.59 Å². The maximum Gasteiger partial charge on any atom is 0.341 e. The first-order valence-electron chi connectivity index (χ1n) is 4.92. The highest BCUT2D eigenvalue weighted by Crippen LogP contribution is 2.28. The lowest BCUT2D eigenvalue weighted by Gasteiger charge is -2.01. The minimum absolute atomic E-state index is 0.161. The fraction of sp³-hybridized carbons (Fsp3) is 0.273. The number of hydrogen-bond acceptors (Lipinski definition) is 4. The summed E-state index contributed by atoms with van der Waals surface area (Å²) < 4.78 is 5.73. The Morgan fingerprint density at radius 3 is 2.88 bits per heavy atom. The molecule has 0 unspecified atom stereocenters. The fourth-order valence-corrected chi connectivity index (χ4v) is 2.46. The topological polar surface area (TPSA) is 59.2 Å². The third-order valence-electron chi connectivity index (χ3n) is 2.23. The molecule has 5 heteroatoms. The van der Waals surface area contributed by atoms with Gasteiger partial charge in [-0.2, -0.15) is 0 Å². The number of ketones is 1. The molecule has 0 aliphatic heterocycles. The Morgan fingerprint density at radius 1 is 1.50 bits per heavy atom. The number of Topliss-reactive ketones (excluding diaryl/α,β-unsaturated/α-hetero) is 1. The minimum atomic E-state index is -0.443. The summed E-state index contributed by atoms with van der Waals surface area (Å²) in [5.41, 5.74) is 1.50. The summed E-state index contributed by atoms with van der Waals surface area (Å²) in [5.74, 6) is -0.604. The van der Waals surface area contributed by atoms with E-state index in [-0.39, 0.29) is 5.78 Å². The van der Waals surface area contributed by atoms with E-state index in [4.69, 9.17) is 4.74 Å². The predicted octanol–water partition coefficient (Wildman–Crippen LogP) is 2.61. The number of carbonyl (C=O) groups is 2. The van der Waals surface area contributed by atoms with E-state index in [1.165, 1.54) is 18.3 Å². The molecule has 16 heavy (non-hydrogen) atoms. The first kappa shape index (κ1) is 10.9. The molecule has 0 aromatic carbocycles. The molecule has 0 saturated heterocycles. The van der Waals surface area contributed by atoms with E-state index in [2.05, 4.69) is 4.98 Å². The molecule has 2 aromatic heterocycles. The van der Waals surface area contributed by atoms with Crippen molar-refractivity contribution in [2.45, 2.75) is 13.8 Å². The molecule has 0 radical (unpaired) electrons. The van der Waals surface area contributed by atoms with Gasteiger partial charge < -0.3 is 9.72 Å². The standard InChI is InChI=1S/C11H11NO3S/c1-3-15-11(14)8-9(6(2)13)12-7-4-5-16-10(7)8/h4-5,12H,3H2,1-2H3. The number of aromatic nitrogens is 1. The lowest BCUT2D eigenvalue weighted by molar-refractivity contribution is 0.0526. The molecule has 0 aliphatic rings. The Hall–Kier alpha value is -1.62. The van der Waals surface area contributed by atoms with Gasteiger partial charge in [0.1, 0.15) is 5.56 Å². The molecule has 0 aliphatic carbocycles. The highest BCUT2D eigenvalue weighted by molar-refractivity contribution is 7.17. The third kappa shape index (κ3) is 1.63. The summed E-state index contributed by atoms with van der Waals surface area (Å²) in [4.78, 5) is 26.1. The van der Waals surface area contributed by atoms with E-state index in [1.807, 2.05) is 11.4 Å².